The molecular weight excluding hydrogens is 438 g/mol. The number of carbonyl (C=O) groups is 1. The van der Waals surface area contributed by atoms with Gasteiger partial charge >= 0.3 is 0 Å². The lowest BCUT2D eigenvalue weighted by atomic mass is 10.1. The van der Waals surface area contributed by atoms with Crippen molar-refractivity contribution in [1.82, 2.24) is 14.5 Å². The maximum absolute atomic E-state index is 13.0. The van der Waals surface area contributed by atoms with Gasteiger partial charge in [0.05, 0.1) is 27.0 Å². The van der Waals surface area contributed by atoms with E-state index in [-0.39, 0.29) is 45.0 Å². The van der Waals surface area contributed by atoms with Crippen molar-refractivity contribution in [3.63, 3.8) is 0 Å². The van der Waals surface area contributed by atoms with Gasteiger partial charge < -0.3 is 4.90 Å². The molecule has 2 aliphatic heterocycles. The topological polar surface area (TPSA) is 104 Å². The fourth-order valence-electron chi connectivity index (χ4n) is 3.74. The van der Waals surface area contributed by atoms with Gasteiger partial charge in [-0.1, -0.05) is 11.6 Å². The second-order valence-corrected chi connectivity index (χ2v) is 12.2. The van der Waals surface area contributed by atoms with Crippen LogP contribution < -0.4 is 4.72 Å². The molecule has 0 radical (unpaired) electrons. The number of piperazine rings is 1. The molecule has 0 spiro atoms. The van der Waals surface area contributed by atoms with Gasteiger partial charge in [0.1, 0.15) is 0 Å². The monoisotopic (exact) mass is 463 g/mol. The highest BCUT2D eigenvalue weighted by atomic mass is 35.5. The molecule has 1 N–H and O–H groups in total. The van der Waals surface area contributed by atoms with E-state index in [9.17, 15) is 21.6 Å². The van der Waals surface area contributed by atoms with Crippen LogP contribution in [0.2, 0.25) is 5.02 Å². The second-order valence-electron chi connectivity index (χ2n) is 7.80. The number of rotatable bonds is 5. The van der Waals surface area contributed by atoms with Gasteiger partial charge in [-0.2, -0.15) is 0 Å². The first-order chi connectivity index (χ1) is 13.5. The Kier molecular flexibility index (Phi) is 6.59. The van der Waals surface area contributed by atoms with Crippen LogP contribution in [0.15, 0.2) is 23.1 Å². The van der Waals surface area contributed by atoms with Crippen molar-refractivity contribution in [3.05, 3.63) is 28.8 Å². The van der Waals surface area contributed by atoms with Gasteiger partial charge in [0, 0.05) is 38.3 Å². The molecule has 2 saturated heterocycles. The summed E-state index contributed by atoms with van der Waals surface area (Å²) in [7, 11) is -6.69. The first-order valence-corrected chi connectivity index (χ1v) is 13.2. The van der Waals surface area contributed by atoms with Gasteiger partial charge in [-0.25, -0.2) is 21.6 Å². The molecule has 1 aromatic rings. The Hall–Kier alpha value is -1.20. The standard InChI is InChI=1S/C18H26ClN3O5S2/c1-13(2)20-29(26,27)15-3-4-17(19)16(11-15)18(23)22-8-6-21(7-9-22)14-5-10-28(24,25)12-14/h3-4,11,13-14,20H,5-10,12H2,1-2H3. The number of halogens is 1. The van der Waals surface area contributed by atoms with E-state index in [1.807, 2.05) is 0 Å². The average molecular weight is 464 g/mol. The van der Waals surface area contributed by atoms with Crippen LogP contribution in [0.1, 0.15) is 30.6 Å². The maximum atomic E-state index is 13.0. The van der Waals surface area contributed by atoms with Crippen LogP contribution >= 0.6 is 11.6 Å². The summed E-state index contributed by atoms with van der Waals surface area (Å²) < 4.78 is 50.7. The smallest absolute Gasteiger partial charge is 0.255 e. The van der Waals surface area contributed by atoms with E-state index >= 15 is 0 Å². The van der Waals surface area contributed by atoms with Crippen molar-refractivity contribution >= 4 is 37.4 Å². The number of nitrogens with one attached hydrogen (secondary N) is 1. The van der Waals surface area contributed by atoms with Crippen molar-refractivity contribution in [2.45, 2.75) is 37.2 Å². The minimum absolute atomic E-state index is 0.00579. The summed E-state index contributed by atoms with van der Waals surface area (Å²) >= 11 is 6.19. The van der Waals surface area contributed by atoms with E-state index in [2.05, 4.69) is 9.62 Å². The lowest BCUT2D eigenvalue weighted by Crippen LogP contribution is -2.52. The van der Waals surface area contributed by atoms with Crippen molar-refractivity contribution in [3.8, 4) is 0 Å². The van der Waals surface area contributed by atoms with Gasteiger partial charge in [-0.15, -0.1) is 0 Å². The van der Waals surface area contributed by atoms with E-state index < -0.39 is 19.9 Å². The molecule has 29 heavy (non-hydrogen) atoms. The molecular formula is C18H26ClN3O5S2. The molecule has 1 amide bonds. The summed E-state index contributed by atoms with van der Waals surface area (Å²) in [6, 6.07) is 3.84. The maximum Gasteiger partial charge on any atom is 0.255 e. The Morgan fingerprint density at radius 1 is 1.21 bits per heavy atom. The molecule has 2 fully saturated rings. The molecule has 0 aromatic heterocycles. The number of carbonyl (C=O) groups excluding carboxylic acids is 1. The molecule has 11 heteroatoms. The molecule has 0 saturated carbocycles. The lowest BCUT2D eigenvalue weighted by molar-refractivity contribution is 0.0587. The molecule has 8 nitrogen and oxygen atoms in total. The van der Waals surface area contributed by atoms with Crippen LogP contribution in [-0.4, -0.2) is 82.3 Å². The fraction of sp³-hybridized carbons (Fsp3) is 0.611. The summed E-state index contributed by atoms with van der Waals surface area (Å²) in [5, 5.41) is 0.197. The summed E-state index contributed by atoms with van der Waals surface area (Å²) in [5.74, 6) is 0.0727. The Bertz CT molecular complexity index is 987. The third-order valence-corrected chi connectivity index (χ3v) is 8.93. The molecule has 1 unspecified atom stereocenters. The zero-order chi connectivity index (χ0) is 21.4. The van der Waals surface area contributed by atoms with E-state index in [4.69, 9.17) is 11.6 Å². The number of nitrogens with zero attached hydrogens (tertiary/aromatic N) is 2. The van der Waals surface area contributed by atoms with E-state index in [0.29, 0.717) is 32.6 Å². The minimum atomic E-state index is -3.74. The molecule has 1 atom stereocenters. The van der Waals surface area contributed by atoms with Crippen LogP contribution in [0.3, 0.4) is 0 Å². The van der Waals surface area contributed by atoms with Gasteiger partial charge in [-0.3, -0.25) is 9.69 Å². The van der Waals surface area contributed by atoms with Crippen molar-refractivity contribution < 1.29 is 21.6 Å². The number of amides is 1. The molecule has 2 heterocycles. The van der Waals surface area contributed by atoms with E-state index in [1.54, 1.807) is 18.7 Å². The Morgan fingerprint density at radius 2 is 1.86 bits per heavy atom. The third kappa shape index (κ3) is 5.29. The summed E-state index contributed by atoms with van der Waals surface area (Å²) in [6.45, 7) is 5.47. The third-order valence-electron chi connectivity index (χ3n) is 5.20. The first kappa shape index (κ1) is 22.5. The summed E-state index contributed by atoms with van der Waals surface area (Å²) in [6.07, 6.45) is 0.630. The van der Waals surface area contributed by atoms with Gasteiger partial charge in [0.2, 0.25) is 10.0 Å². The summed E-state index contributed by atoms with van der Waals surface area (Å²) in [5.41, 5.74) is 0.148. The first-order valence-electron chi connectivity index (χ1n) is 9.54. The van der Waals surface area contributed by atoms with Crippen LogP contribution in [0.25, 0.3) is 0 Å². The average Bonchev–Trinajstić information content (AvgIpc) is 3.00. The van der Waals surface area contributed by atoms with E-state index in [0.717, 1.165) is 0 Å². The molecule has 1 aromatic carbocycles. The van der Waals surface area contributed by atoms with Gasteiger partial charge in [0.15, 0.2) is 9.84 Å². The number of sulfonamides is 1. The lowest BCUT2D eigenvalue weighted by Gasteiger charge is -2.37. The Labute approximate surface area is 177 Å². The number of sulfone groups is 1. The molecule has 3 rings (SSSR count). The Balaban J connectivity index is 1.70. The molecule has 0 aliphatic carbocycles. The zero-order valence-electron chi connectivity index (χ0n) is 16.5. The van der Waals surface area contributed by atoms with Crippen LogP contribution in [0, 0.1) is 0 Å². The van der Waals surface area contributed by atoms with Crippen LogP contribution in [0.5, 0.6) is 0 Å². The second kappa shape index (κ2) is 8.50. The quantitative estimate of drug-likeness (QED) is 0.697. The van der Waals surface area contributed by atoms with Crippen molar-refractivity contribution in [2.75, 3.05) is 37.7 Å². The minimum Gasteiger partial charge on any atom is -0.336 e. The van der Waals surface area contributed by atoms with Gasteiger partial charge in [0.25, 0.3) is 5.91 Å². The predicted molar refractivity (Wildman–Crippen MR) is 111 cm³/mol. The van der Waals surface area contributed by atoms with E-state index in [1.165, 1.54) is 18.2 Å². The molecule has 0 bridgehead atoms. The number of benzene rings is 1. The summed E-state index contributed by atoms with van der Waals surface area (Å²) in [4.78, 5) is 16.7. The molecule has 162 valence electrons. The highest BCUT2D eigenvalue weighted by molar-refractivity contribution is 7.91. The molecule has 2 aliphatic rings. The van der Waals surface area contributed by atoms with Crippen LogP contribution in [-0.2, 0) is 19.9 Å². The Morgan fingerprint density at radius 3 is 2.41 bits per heavy atom. The SMILES string of the molecule is CC(C)NS(=O)(=O)c1ccc(Cl)c(C(=O)N2CCN(C3CCS(=O)(=O)C3)CC2)c1. The highest BCUT2D eigenvalue weighted by Crippen LogP contribution is 2.24. The fourth-order valence-corrected chi connectivity index (χ4v) is 6.97. The normalized spacial score (nSPS) is 22.9. The number of hydrogen-bond acceptors (Lipinski definition) is 6. The van der Waals surface area contributed by atoms with Gasteiger partial charge in [-0.05, 0) is 38.5 Å². The van der Waals surface area contributed by atoms with Crippen molar-refractivity contribution in [1.29, 1.82) is 0 Å². The van der Waals surface area contributed by atoms with Crippen LogP contribution in [0.4, 0.5) is 0 Å². The zero-order valence-corrected chi connectivity index (χ0v) is 18.9. The predicted octanol–water partition coefficient (Wildman–Crippen LogP) is 0.972. The largest absolute Gasteiger partial charge is 0.336 e. The number of hydrogen-bond donors (Lipinski definition) is 1. The highest BCUT2D eigenvalue weighted by Gasteiger charge is 2.34. The van der Waals surface area contributed by atoms with Crippen molar-refractivity contribution in [2.24, 2.45) is 0 Å².